The molecule has 316 valence electrons. The zero-order chi connectivity index (χ0) is 41.9. The summed E-state index contributed by atoms with van der Waals surface area (Å²) >= 11 is 0. The van der Waals surface area contributed by atoms with Gasteiger partial charge >= 0.3 is 5.97 Å². The molecule has 17 heteroatoms. The van der Waals surface area contributed by atoms with Crippen LogP contribution in [0.15, 0.2) is 84.1 Å². The molecule has 1 heterocycles. The van der Waals surface area contributed by atoms with Crippen LogP contribution in [-0.4, -0.2) is 114 Å². The number of nitrogens with zero attached hydrogens (tertiary/aromatic N) is 4. The maximum absolute atomic E-state index is 12.8. The highest BCUT2D eigenvalue weighted by atomic mass is 16.6. The van der Waals surface area contributed by atoms with Crippen LogP contribution >= 0.6 is 0 Å². The first-order valence-corrected chi connectivity index (χ1v) is 19.5. The average Bonchev–Trinajstić information content (AvgIpc) is 3.25. The SMILES string of the molecule is COc1ccnc(NCCCCC(=O)NCC(=O)N[C@@H](CC(=O)O)c2ccc(-c3ccc(OCCOCCOCCOCCOCCN=[N+]=[N-])c4ccccc34)cc2)c1. The second-order valence-electron chi connectivity index (χ2n) is 13.0. The number of carboxylic acid groups (broad SMARTS) is 1. The summed E-state index contributed by atoms with van der Waals surface area (Å²) in [5.74, 6) is 0.280. The van der Waals surface area contributed by atoms with Gasteiger partial charge in [0, 0.05) is 42.1 Å². The van der Waals surface area contributed by atoms with Gasteiger partial charge in [0.1, 0.15) is 23.9 Å². The van der Waals surface area contributed by atoms with Crippen molar-refractivity contribution in [3.05, 3.63) is 95.0 Å². The smallest absolute Gasteiger partial charge is 0.305 e. The molecule has 0 unspecified atom stereocenters. The molecule has 1 atom stereocenters. The van der Waals surface area contributed by atoms with E-state index >= 15 is 0 Å². The second kappa shape index (κ2) is 26.9. The van der Waals surface area contributed by atoms with Gasteiger partial charge in [0.05, 0.1) is 79.0 Å². The van der Waals surface area contributed by atoms with Gasteiger partial charge in [-0.25, -0.2) is 4.98 Å². The molecule has 0 aliphatic heterocycles. The van der Waals surface area contributed by atoms with Gasteiger partial charge in [-0.2, -0.15) is 0 Å². The van der Waals surface area contributed by atoms with Crippen LogP contribution in [0.25, 0.3) is 32.3 Å². The quantitative estimate of drug-likeness (QED) is 0.0215. The van der Waals surface area contributed by atoms with Crippen molar-refractivity contribution in [2.45, 2.75) is 31.7 Å². The van der Waals surface area contributed by atoms with Gasteiger partial charge in [-0.05, 0) is 52.6 Å². The number of unbranched alkanes of at least 4 members (excludes halogenated alkanes) is 1. The Morgan fingerprint density at radius 1 is 0.814 bits per heavy atom. The van der Waals surface area contributed by atoms with E-state index in [0.29, 0.717) is 96.1 Å². The molecule has 4 N–H and O–H groups in total. The van der Waals surface area contributed by atoms with Crippen LogP contribution in [0.2, 0.25) is 0 Å². The van der Waals surface area contributed by atoms with Crippen LogP contribution in [-0.2, 0) is 33.3 Å². The Labute approximate surface area is 343 Å². The fourth-order valence-electron chi connectivity index (χ4n) is 5.87. The summed E-state index contributed by atoms with van der Waals surface area (Å²) in [6, 6.07) is 21.9. The summed E-state index contributed by atoms with van der Waals surface area (Å²) in [7, 11) is 1.59. The van der Waals surface area contributed by atoms with E-state index < -0.39 is 17.9 Å². The van der Waals surface area contributed by atoms with Gasteiger partial charge in [0.15, 0.2) is 0 Å². The van der Waals surface area contributed by atoms with E-state index in [1.807, 2.05) is 48.5 Å². The van der Waals surface area contributed by atoms with E-state index in [0.717, 1.165) is 34.1 Å². The molecule has 0 bridgehead atoms. The van der Waals surface area contributed by atoms with Crippen LogP contribution in [0.5, 0.6) is 11.5 Å². The largest absolute Gasteiger partial charge is 0.497 e. The minimum atomic E-state index is -1.07. The molecule has 3 aromatic carbocycles. The van der Waals surface area contributed by atoms with Crippen molar-refractivity contribution in [1.29, 1.82) is 0 Å². The number of anilines is 1. The van der Waals surface area contributed by atoms with Gasteiger partial charge in [0.2, 0.25) is 11.8 Å². The lowest BCUT2D eigenvalue weighted by atomic mass is 9.95. The number of ether oxygens (including phenoxy) is 6. The first-order valence-electron chi connectivity index (χ1n) is 19.5. The molecule has 59 heavy (non-hydrogen) atoms. The van der Waals surface area contributed by atoms with Gasteiger partial charge < -0.3 is 49.5 Å². The zero-order valence-electron chi connectivity index (χ0n) is 33.3. The summed E-state index contributed by atoms with van der Waals surface area (Å²) < 4.78 is 33.1. The first-order chi connectivity index (χ1) is 28.9. The van der Waals surface area contributed by atoms with Gasteiger partial charge in [0.25, 0.3) is 0 Å². The highest BCUT2D eigenvalue weighted by Crippen LogP contribution is 2.35. The highest BCUT2D eigenvalue weighted by Gasteiger charge is 2.19. The predicted octanol–water partition coefficient (Wildman–Crippen LogP) is 5.70. The van der Waals surface area contributed by atoms with Crippen molar-refractivity contribution >= 4 is 34.4 Å². The average molecular weight is 816 g/mol. The van der Waals surface area contributed by atoms with Crippen LogP contribution in [0.1, 0.15) is 37.3 Å². The number of hydrogen-bond donors (Lipinski definition) is 4. The molecule has 0 saturated carbocycles. The molecular formula is C42H53N7O10. The number of benzene rings is 3. The monoisotopic (exact) mass is 815 g/mol. The van der Waals surface area contributed by atoms with Gasteiger partial charge in [-0.1, -0.05) is 59.7 Å². The number of aliphatic carboxylic acids is 1. The fourth-order valence-corrected chi connectivity index (χ4v) is 5.87. The molecule has 4 rings (SSSR count). The summed E-state index contributed by atoms with van der Waals surface area (Å²) in [5.41, 5.74) is 10.7. The standard InChI is InChI=1S/C42H53N7O10/c1-54-33-15-17-45-39(28-33)44-16-5-4-8-40(50)46-30-41(51)48-37(29-42(52)53)32-11-9-31(10-12-32)34-13-14-38(36-7-3-2-6-35(34)36)59-27-26-58-25-24-57-23-22-56-21-20-55-19-18-47-49-43/h2-3,6-7,9-15,17,28,37H,4-5,8,16,18-27,29-30H2,1H3,(H,44,45)(H,46,50)(H,48,51)(H,52,53)/t37-/m0/s1. The number of pyridine rings is 1. The molecule has 17 nitrogen and oxygen atoms in total. The number of rotatable bonds is 30. The number of carboxylic acids is 1. The molecule has 0 saturated heterocycles. The number of fused-ring (bicyclic) bond motifs is 1. The number of aromatic nitrogens is 1. The lowest BCUT2D eigenvalue weighted by molar-refractivity contribution is -0.138. The zero-order valence-corrected chi connectivity index (χ0v) is 33.3. The molecule has 2 amide bonds. The maximum Gasteiger partial charge on any atom is 0.305 e. The Balaban J connectivity index is 1.18. The third-order valence-corrected chi connectivity index (χ3v) is 8.77. The van der Waals surface area contributed by atoms with Crippen molar-refractivity contribution in [3.63, 3.8) is 0 Å². The van der Waals surface area contributed by atoms with Crippen molar-refractivity contribution in [1.82, 2.24) is 15.6 Å². The number of methoxy groups -OCH3 is 1. The Kier molecular flexibility index (Phi) is 20.8. The van der Waals surface area contributed by atoms with Crippen LogP contribution in [0.4, 0.5) is 5.82 Å². The lowest BCUT2D eigenvalue weighted by Crippen LogP contribution is -2.39. The number of amides is 2. The molecular weight excluding hydrogens is 763 g/mol. The number of nitrogens with one attached hydrogen (secondary N) is 3. The summed E-state index contributed by atoms with van der Waals surface area (Å²) in [4.78, 5) is 43.8. The molecule has 0 spiro atoms. The van der Waals surface area contributed by atoms with E-state index in [-0.39, 0.29) is 25.3 Å². The van der Waals surface area contributed by atoms with Crippen molar-refractivity contribution in [2.24, 2.45) is 5.11 Å². The van der Waals surface area contributed by atoms with E-state index in [1.54, 1.807) is 37.6 Å². The van der Waals surface area contributed by atoms with Crippen LogP contribution in [0, 0.1) is 0 Å². The van der Waals surface area contributed by atoms with Gasteiger partial charge in [-0.15, -0.1) is 0 Å². The second-order valence-corrected chi connectivity index (χ2v) is 13.0. The van der Waals surface area contributed by atoms with Crippen molar-refractivity contribution in [3.8, 4) is 22.6 Å². The van der Waals surface area contributed by atoms with E-state index in [2.05, 4.69) is 31.0 Å². The third kappa shape index (κ3) is 17.2. The number of carbonyl (C=O) groups is 3. The normalized spacial score (nSPS) is 11.3. The van der Waals surface area contributed by atoms with E-state index in [1.165, 1.54) is 0 Å². The molecule has 0 aliphatic rings. The van der Waals surface area contributed by atoms with E-state index in [4.69, 9.17) is 34.0 Å². The first kappa shape index (κ1) is 45.7. The number of hydrogen-bond acceptors (Lipinski definition) is 12. The predicted molar refractivity (Wildman–Crippen MR) is 221 cm³/mol. The third-order valence-electron chi connectivity index (χ3n) is 8.77. The minimum absolute atomic E-state index is 0.244. The molecule has 1 aromatic heterocycles. The van der Waals surface area contributed by atoms with Crippen LogP contribution in [0.3, 0.4) is 0 Å². The van der Waals surface area contributed by atoms with Crippen molar-refractivity contribution in [2.75, 3.05) is 91.5 Å². The van der Waals surface area contributed by atoms with Crippen LogP contribution < -0.4 is 25.4 Å². The summed E-state index contributed by atoms with van der Waals surface area (Å²) in [5, 5.41) is 23.5. The summed E-state index contributed by atoms with van der Waals surface area (Å²) in [6.45, 7) is 4.33. The fraction of sp³-hybridized carbons (Fsp3) is 0.429. The molecule has 4 aromatic rings. The number of carbonyl (C=O) groups excluding carboxylic acids is 2. The highest BCUT2D eigenvalue weighted by molar-refractivity contribution is 6.00. The number of azide groups is 1. The minimum Gasteiger partial charge on any atom is -0.497 e. The Morgan fingerprint density at radius 3 is 2.17 bits per heavy atom. The molecule has 0 fully saturated rings. The van der Waals surface area contributed by atoms with Gasteiger partial charge in [-0.3, -0.25) is 14.4 Å². The lowest BCUT2D eigenvalue weighted by Gasteiger charge is -2.19. The topological polar surface area (TPSA) is 225 Å². The Hall–Kier alpha value is -5.97. The Bertz CT molecular complexity index is 1940. The molecule has 0 aliphatic carbocycles. The van der Waals surface area contributed by atoms with E-state index in [9.17, 15) is 19.5 Å². The van der Waals surface area contributed by atoms with Crippen molar-refractivity contribution < 1.29 is 47.9 Å². The summed E-state index contributed by atoms with van der Waals surface area (Å²) in [6.07, 6.45) is 2.89. The maximum atomic E-state index is 12.8. The molecule has 0 radical (unpaired) electrons. The Morgan fingerprint density at radius 2 is 1.49 bits per heavy atom.